The average Bonchev–Trinajstić information content (AvgIpc) is 2.49. The number of aromatic nitrogens is 1. The van der Waals surface area contributed by atoms with E-state index in [9.17, 15) is 8.42 Å². The van der Waals surface area contributed by atoms with Crippen molar-refractivity contribution in [3.8, 4) is 0 Å². The highest BCUT2D eigenvalue weighted by Crippen LogP contribution is 2.11. The van der Waals surface area contributed by atoms with Crippen LogP contribution in [0.5, 0.6) is 0 Å². The summed E-state index contributed by atoms with van der Waals surface area (Å²) in [5.41, 5.74) is 2.31. The standard InChI is InChI=1S/C15H19N3O2S/c1-12-5-3-4-6-13(12)9-10-18-21(19,20)14-7-8-15(16-2)17-11-14/h3-8,11,18H,9-10H2,1-2H3,(H,16,17). The van der Waals surface area contributed by atoms with Crippen LogP contribution in [-0.4, -0.2) is 27.0 Å². The lowest BCUT2D eigenvalue weighted by Gasteiger charge is -2.08. The molecule has 0 fully saturated rings. The number of nitrogens with zero attached hydrogens (tertiary/aromatic N) is 1. The van der Waals surface area contributed by atoms with Crippen molar-refractivity contribution < 1.29 is 8.42 Å². The summed E-state index contributed by atoms with van der Waals surface area (Å²) in [6.07, 6.45) is 2.01. The van der Waals surface area contributed by atoms with E-state index in [1.54, 1.807) is 13.1 Å². The Morgan fingerprint density at radius 1 is 1.14 bits per heavy atom. The molecule has 0 saturated carbocycles. The second-order valence-electron chi connectivity index (χ2n) is 4.70. The monoisotopic (exact) mass is 305 g/mol. The Labute approximate surface area is 125 Å². The molecular formula is C15H19N3O2S. The minimum absolute atomic E-state index is 0.172. The second kappa shape index (κ2) is 6.69. The van der Waals surface area contributed by atoms with E-state index in [2.05, 4.69) is 15.0 Å². The van der Waals surface area contributed by atoms with E-state index in [4.69, 9.17) is 0 Å². The summed E-state index contributed by atoms with van der Waals surface area (Å²) in [4.78, 5) is 4.19. The van der Waals surface area contributed by atoms with Crippen LogP contribution >= 0.6 is 0 Å². The molecule has 2 N–H and O–H groups in total. The molecule has 1 aromatic heterocycles. The maximum atomic E-state index is 12.1. The number of nitrogens with one attached hydrogen (secondary N) is 2. The zero-order chi connectivity index (χ0) is 15.3. The molecule has 5 nitrogen and oxygen atoms in total. The van der Waals surface area contributed by atoms with Gasteiger partial charge in [0.15, 0.2) is 0 Å². The van der Waals surface area contributed by atoms with Crippen molar-refractivity contribution in [3.63, 3.8) is 0 Å². The predicted octanol–water partition coefficient (Wildman–Crippen LogP) is 1.95. The molecule has 2 aromatic rings. The van der Waals surface area contributed by atoms with E-state index in [1.807, 2.05) is 31.2 Å². The largest absolute Gasteiger partial charge is 0.373 e. The van der Waals surface area contributed by atoms with Gasteiger partial charge in [0.1, 0.15) is 10.7 Å². The van der Waals surface area contributed by atoms with Crippen molar-refractivity contribution in [2.75, 3.05) is 18.9 Å². The smallest absolute Gasteiger partial charge is 0.242 e. The number of pyridine rings is 1. The molecule has 1 aromatic carbocycles. The van der Waals surface area contributed by atoms with Gasteiger partial charge in [-0.1, -0.05) is 24.3 Å². The lowest BCUT2D eigenvalue weighted by atomic mass is 10.1. The van der Waals surface area contributed by atoms with Crippen LogP contribution in [0.4, 0.5) is 5.82 Å². The van der Waals surface area contributed by atoms with Crippen LogP contribution in [0.25, 0.3) is 0 Å². The van der Waals surface area contributed by atoms with Gasteiger partial charge in [0.25, 0.3) is 0 Å². The molecule has 0 bridgehead atoms. The van der Waals surface area contributed by atoms with Crippen LogP contribution in [0.3, 0.4) is 0 Å². The van der Waals surface area contributed by atoms with E-state index >= 15 is 0 Å². The van der Waals surface area contributed by atoms with Crippen LogP contribution in [-0.2, 0) is 16.4 Å². The van der Waals surface area contributed by atoms with Gasteiger partial charge in [-0.15, -0.1) is 0 Å². The lowest BCUT2D eigenvalue weighted by Crippen LogP contribution is -2.26. The number of sulfonamides is 1. The van der Waals surface area contributed by atoms with Crippen molar-refractivity contribution in [2.24, 2.45) is 0 Å². The number of hydrogen-bond donors (Lipinski definition) is 2. The highest BCUT2D eigenvalue weighted by molar-refractivity contribution is 7.89. The zero-order valence-corrected chi connectivity index (χ0v) is 12.9. The molecule has 0 aliphatic heterocycles. The van der Waals surface area contributed by atoms with E-state index in [0.29, 0.717) is 18.8 Å². The summed E-state index contributed by atoms with van der Waals surface area (Å²) in [6, 6.07) is 11.1. The molecule has 21 heavy (non-hydrogen) atoms. The number of benzene rings is 1. The summed E-state index contributed by atoms with van der Waals surface area (Å²) in [6.45, 7) is 2.38. The zero-order valence-electron chi connectivity index (χ0n) is 12.1. The van der Waals surface area contributed by atoms with Gasteiger partial charge in [-0.2, -0.15) is 0 Å². The quantitative estimate of drug-likeness (QED) is 0.856. The molecule has 0 aliphatic carbocycles. The van der Waals surface area contributed by atoms with Gasteiger partial charge in [0.05, 0.1) is 0 Å². The fourth-order valence-corrected chi connectivity index (χ4v) is 2.96. The third-order valence-electron chi connectivity index (χ3n) is 3.25. The summed E-state index contributed by atoms with van der Waals surface area (Å²) in [5.74, 6) is 0.633. The van der Waals surface area contributed by atoms with E-state index in [0.717, 1.165) is 11.1 Å². The van der Waals surface area contributed by atoms with Crippen LogP contribution in [0, 0.1) is 6.92 Å². The van der Waals surface area contributed by atoms with Gasteiger partial charge in [-0.05, 0) is 36.6 Å². The summed E-state index contributed by atoms with van der Waals surface area (Å²) in [7, 11) is -1.78. The highest BCUT2D eigenvalue weighted by atomic mass is 32.2. The Hall–Kier alpha value is -1.92. The molecular weight excluding hydrogens is 286 g/mol. The van der Waals surface area contributed by atoms with Gasteiger partial charge in [0, 0.05) is 19.8 Å². The van der Waals surface area contributed by atoms with Crippen molar-refractivity contribution in [2.45, 2.75) is 18.2 Å². The summed E-state index contributed by atoms with van der Waals surface area (Å²) < 4.78 is 26.9. The molecule has 0 atom stereocenters. The van der Waals surface area contributed by atoms with Gasteiger partial charge >= 0.3 is 0 Å². The number of rotatable bonds is 6. The van der Waals surface area contributed by atoms with Crippen LogP contribution < -0.4 is 10.0 Å². The van der Waals surface area contributed by atoms with Crippen molar-refractivity contribution >= 4 is 15.8 Å². The molecule has 0 unspecified atom stereocenters. The Balaban J connectivity index is 1.99. The van der Waals surface area contributed by atoms with Crippen LogP contribution in [0.2, 0.25) is 0 Å². The molecule has 0 spiro atoms. The average molecular weight is 305 g/mol. The third-order valence-corrected chi connectivity index (χ3v) is 4.70. The first-order valence-corrected chi connectivity index (χ1v) is 8.19. The maximum absolute atomic E-state index is 12.1. The van der Waals surface area contributed by atoms with Crippen molar-refractivity contribution in [1.29, 1.82) is 0 Å². The first kappa shape index (κ1) is 15.5. The summed E-state index contributed by atoms with van der Waals surface area (Å²) >= 11 is 0. The molecule has 112 valence electrons. The summed E-state index contributed by atoms with van der Waals surface area (Å²) in [5, 5.41) is 2.85. The number of hydrogen-bond acceptors (Lipinski definition) is 4. The molecule has 0 aliphatic rings. The van der Waals surface area contributed by atoms with Crippen molar-refractivity contribution in [1.82, 2.24) is 9.71 Å². The maximum Gasteiger partial charge on any atom is 0.242 e. The van der Waals surface area contributed by atoms with Gasteiger partial charge in [-0.25, -0.2) is 18.1 Å². The number of aryl methyl sites for hydroxylation is 1. The van der Waals surface area contributed by atoms with Gasteiger partial charge in [-0.3, -0.25) is 0 Å². The SMILES string of the molecule is CNc1ccc(S(=O)(=O)NCCc2ccccc2C)cn1. The predicted molar refractivity (Wildman–Crippen MR) is 83.9 cm³/mol. The second-order valence-corrected chi connectivity index (χ2v) is 6.47. The Bertz CT molecular complexity index is 697. The number of anilines is 1. The van der Waals surface area contributed by atoms with Crippen LogP contribution in [0.15, 0.2) is 47.5 Å². The molecule has 0 amide bonds. The van der Waals surface area contributed by atoms with Gasteiger partial charge < -0.3 is 5.32 Å². The molecule has 1 heterocycles. The van der Waals surface area contributed by atoms with E-state index in [1.165, 1.54) is 12.3 Å². The van der Waals surface area contributed by atoms with E-state index < -0.39 is 10.0 Å². The van der Waals surface area contributed by atoms with Gasteiger partial charge in [0.2, 0.25) is 10.0 Å². The van der Waals surface area contributed by atoms with Crippen molar-refractivity contribution in [3.05, 3.63) is 53.7 Å². The minimum atomic E-state index is -3.51. The molecule has 0 saturated heterocycles. The fourth-order valence-electron chi connectivity index (χ4n) is 1.98. The highest BCUT2D eigenvalue weighted by Gasteiger charge is 2.13. The van der Waals surface area contributed by atoms with E-state index in [-0.39, 0.29) is 4.90 Å². The lowest BCUT2D eigenvalue weighted by molar-refractivity contribution is 0.581. The molecule has 6 heteroatoms. The normalized spacial score (nSPS) is 11.3. The Morgan fingerprint density at radius 2 is 1.90 bits per heavy atom. The third kappa shape index (κ3) is 4.03. The van der Waals surface area contributed by atoms with Crippen LogP contribution in [0.1, 0.15) is 11.1 Å². The first-order valence-electron chi connectivity index (χ1n) is 6.71. The fraction of sp³-hybridized carbons (Fsp3) is 0.267. The minimum Gasteiger partial charge on any atom is -0.373 e. The first-order chi connectivity index (χ1) is 10.0. The molecule has 0 radical (unpaired) electrons. The molecule has 2 rings (SSSR count). The topological polar surface area (TPSA) is 71.1 Å². The Kier molecular flexibility index (Phi) is 4.93. The Morgan fingerprint density at radius 3 is 2.52 bits per heavy atom.